The molecule has 2 aromatic carbocycles. The molecule has 0 aliphatic heterocycles. The molecule has 7 heteroatoms. The number of para-hydroxylation sites is 1. The van der Waals surface area contributed by atoms with Crippen LogP contribution in [-0.4, -0.2) is 28.9 Å². The van der Waals surface area contributed by atoms with Crippen molar-refractivity contribution in [1.82, 2.24) is 15.6 Å². The number of aromatic nitrogens is 1. The second kappa shape index (κ2) is 11.6. The molecule has 4 rings (SSSR count). The lowest BCUT2D eigenvalue weighted by Gasteiger charge is -2.32. The third-order valence-corrected chi connectivity index (χ3v) is 6.62. The number of hydrogen-bond donors (Lipinski definition) is 2. The molecule has 1 heterocycles. The van der Waals surface area contributed by atoms with Crippen molar-refractivity contribution in [3.05, 3.63) is 82.3 Å². The molecule has 2 N–H and O–H groups in total. The highest BCUT2D eigenvalue weighted by atomic mass is 32.1. The third-order valence-electron chi connectivity index (χ3n) is 5.80. The number of aryl methyl sites for hydroxylation is 1. The number of carbonyl (C=O) groups excluding carboxylic acids is 2. The SMILES string of the molecule is O=C(CCc1ccccc1)N[C@H]1CCCC[C@@H]1NC(=O)c1csc(COc2ccccc2)n1. The summed E-state index contributed by atoms with van der Waals surface area (Å²) >= 11 is 1.41. The molecule has 1 aliphatic rings. The van der Waals surface area contributed by atoms with E-state index in [9.17, 15) is 9.59 Å². The van der Waals surface area contributed by atoms with Crippen LogP contribution in [0.15, 0.2) is 66.0 Å². The Bertz CT molecular complexity index is 1040. The summed E-state index contributed by atoms with van der Waals surface area (Å²) in [6, 6.07) is 19.4. The molecule has 172 valence electrons. The maximum absolute atomic E-state index is 12.8. The van der Waals surface area contributed by atoms with E-state index in [1.807, 2.05) is 60.7 Å². The molecule has 0 bridgehead atoms. The van der Waals surface area contributed by atoms with Gasteiger partial charge in [0.05, 0.1) is 0 Å². The summed E-state index contributed by atoms with van der Waals surface area (Å²) in [6.07, 6.45) is 4.96. The zero-order valence-corrected chi connectivity index (χ0v) is 19.4. The minimum Gasteiger partial charge on any atom is -0.486 e. The molecular formula is C26H29N3O3S. The number of benzene rings is 2. The van der Waals surface area contributed by atoms with Gasteiger partial charge in [-0.2, -0.15) is 0 Å². The van der Waals surface area contributed by atoms with E-state index in [-0.39, 0.29) is 23.9 Å². The largest absolute Gasteiger partial charge is 0.486 e. The molecule has 1 saturated carbocycles. The van der Waals surface area contributed by atoms with Gasteiger partial charge in [-0.25, -0.2) is 4.98 Å². The monoisotopic (exact) mass is 463 g/mol. The van der Waals surface area contributed by atoms with Gasteiger partial charge in [0.25, 0.3) is 5.91 Å². The average molecular weight is 464 g/mol. The lowest BCUT2D eigenvalue weighted by atomic mass is 9.90. The predicted octanol–water partition coefficient (Wildman–Crippen LogP) is 4.51. The van der Waals surface area contributed by atoms with E-state index in [2.05, 4.69) is 15.6 Å². The first-order valence-electron chi connectivity index (χ1n) is 11.4. The average Bonchev–Trinajstić information content (AvgIpc) is 3.33. The summed E-state index contributed by atoms with van der Waals surface area (Å²) in [6.45, 7) is 0.325. The van der Waals surface area contributed by atoms with E-state index in [1.165, 1.54) is 11.3 Å². The van der Waals surface area contributed by atoms with Gasteiger partial charge in [-0.1, -0.05) is 61.4 Å². The van der Waals surface area contributed by atoms with E-state index in [1.54, 1.807) is 5.38 Å². The van der Waals surface area contributed by atoms with Crippen LogP contribution in [0, 0.1) is 0 Å². The Morgan fingerprint density at radius 1 is 0.939 bits per heavy atom. The van der Waals surface area contributed by atoms with Crippen LogP contribution in [0.4, 0.5) is 0 Å². The number of thiazole rings is 1. The molecule has 1 aromatic heterocycles. The Hall–Kier alpha value is -3.19. The number of rotatable bonds is 9. The highest BCUT2D eigenvalue weighted by Crippen LogP contribution is 2.20. The fourth-order valence-electron chi connectivity index (χ4n) is 4.04. The van der Waals surface area contributed by atoms with Gasteiger partial charge >= 0.3 is 0 Å². The Morgan fingerprint density at radius 3 is 2.33 bits per heavy atom. The number of nitrogens with one attached hydrogen (secondary N) is 2. The second-order valence-corrected chi connectivity index (χ2v) is 9.19. The molecular weight excluding hydrogens is 434 g/mol. The van der Waals surface area contributed by atoms with Crippen molar-refractivity contribution in [3.63, 3.8) is 0 Å². The van der Waals surface area contributed by atoms with Crippen molar-refractivity contribution in [1.29, 1.82) is 0 Å². The minimum absolute atomic E-state index is 0.0269. The minimum atomic E-state index is -0.201. The number of amides is 2. The molecule has 0 spiro atoms. The Balaban J connectivity index is 1.28. The molecule has 3 aromatic rings. The van der Waals surface area contributed by atoms with Gasteiger partial charge in [-0.15, -0.1) is 11.3 Å². The third kappa shape index (κ3) is 6.89. The highest BCUT2D eigenvalue weighted by Gasteiger charge is 2.28. The fraction of sp³-hybridized carbons (Fsp3) is 0.346. The molecule has 1 aliphatic carbocycles. The van der Waals surface area contributed by atoms with Crippen LogP contribution in [0.1, 0.15) is 53.2 Å². The molecule has 0 unspecified atom stereocenters. The Morgan fingerprint density at radius 2 is 1.61 bits per heavy atom. The predicted molar refractivity (Wildman–Crippen MR) is 129 cm³/mol. The van der Waals surface area contributed by atoms with Gasteiger partial charge in [0.15, 0.2) is 0 Å². The van der Waals surface area contributed by atoms with Gasteiger partial charge < -0.3 is 15.4 Å². The van der Waals surface area contributed by atoms with E-state index in [0.29, 0.717) is 25.1 Å². The maximum atomic E-state index is 12.8. The van der Waals surface area contributed by atoms with E-state index in [0.717, 1.165) is 42.0 Å². The lowest BCUT2D eigenvalue weighted by molar-refractivity contribution is -0.122. The normalized spacial score (nSPS) is 17.8. The molecule has 0 saturated heterocycles. The first kappa shape index (κ1) is 23.0. The van der Waals surface area contributed by atoms with Crippen LogP contribution >= 0.6 is 11.3 Å². The molecule has 0 radical (unpaired) electrons. The highest BCUT2D eigenvalue weighted by molar-refractivity contribution is 7.09. The van der Waals surface area contributed by atoms with Crippen molar-refractivity contribution in [3.8, 4) is 5.75 Å². The van der Waals surface area contributed by atoms with Crippen molar-refractivity contribution in [2.24, 2.45) is 0 Å². The van der Waals surface area contributed by atoms with Crippen LogP contribution in [0.25, 0.3) is 0 Å². The molecule has 2 amide bonds. The Labute approximate surface area is 198 Å². The first-order chi connectivity index (χ1) is 16.2. The van der Waals surface area contributed by atoms with E-state index < -0.39 is 0 Å². The number of carbonyl (C=O) groups is 2. The second-order valence-electron chi connectivity index (χ2n) is 8.25. The van der Waals surface area contributed by atoms with Gasteiger partial charge in [-0.05, 0) is 37.0 Å². The Kier molecular flexibility index (Phi) is 8.09. The summed E-state index contributed by atoms with van der Waals surface area (Å²) in [4.78, 5) is 29.8. The van der Waals surface area contributed by atoms with E-state index in [4.69, 9.17) is 4.74 Å². The van der Waals surface area contributed by atoms with Gasteiger partial charge in [0.1, 0.15) is 23.1 Å². The van der Waals surface area contributed by atoms with Crippen LogP contribution < -0.4 is 15.4 Å². The molecule has 6 nitrogen and oxygen atoms in total. The molecule has 2 atom stereocenters. The number of hydrogen-bond acceptors (Lipinski definition) is 5. The maximum Gasteiger partial charge on any atom is 0.271 e. The van der Waals surface area contributed by atoms with Gasteiger partial charge in [-0.3, -0.25) is 9.59 Å². The zero-order valence-electron chi connectivity index (χ0n) is 18.5. The number of ether oxygens (including phenoxy) is 1. The first-order valence-corrected chi connectivity index (χ1v) is 12.3. The fourth-order valence-corrected chi connectivity index (χ4v) is 4.73. The molecule has 33 heavy (non-hydrogen) atoms. The van der Waals surface area contributed by atoms with Gasteiger partial charge in [0, 0.05) is 23.9 Å². The van der Waals surface area contributed by atoms with Crippen molar-refractivity contribution in [2.45, 2.75) is 57.2 Å². The van der Waals surface area contributed by atoms with Gasteiger partial charge in [0.2, 0.25) is 5.91 Å². The standard InChI is InChI=1S/C26H29N3O3S/c30-24(16-15-19-9-3-1-4-10-19)27-21-13-7-8-14-22(21)29-26(31)23-18-33-25(28-23)17-32-20-11-5-2-6-12-20/h1-6,9-12,18,21-22H,7-8,13-17H2,(H,27,30)(H,29,31)/t21-,22-/m0/s1. The van der Waals surface area contributed by atoms with Crippen LogP contribution in [0.5, 0.6) is 5.75 Å². The van der Waals surface area contributed by atoms with E-state index >= 15 is 0 Å². The zero-order chi connectivity index (χ0) is 22.9. The summed E-state index contributed by atoms with van der Waals surface area (Å²) in [5.41, 5.74) is 1.54. The molecule has 1 fully saturated rings. The smallest absolute Gasteiger partial charge is 0.271 e. The summed E-state index contributed by atoms with van der Waals surface area (Å²) in [5, 5.41) is 8.76. The van der Waals surface area contributed by atoms with Crippen LogP contribution in [0.2, 0.25) is 0 Å². The summed E-state index contributed by atoms with van der Waals surface area (Å²) in [5.74, 6) is 0.596. The van der Waals surface area contributed by atoms with Crippen molar-refractivity contribution >= 4 is 23.2 Å². The van der Waals surface area contributed by atoms with Crippen molar-refractivity contribution < 1.29 is 14.3 Å². The number of nitrogens with zero attached hydrogens (tertiary/aromatic N) is 1. The van der Waals surface area contributed by atoms with Crippen LogP contribution in [-0.2, 0) is 17.8 Å². The summed E-state index contributed by atoms with van der Waals surface area (Å²) < 4.78 is 5.72. The van der Waals surface area contributed by atoms with Crippen LogP contribution in [0.3, 0.4) is 0 Å². The quantitative estimate of drug-likeness (QED) is 0.489. The lowest BCUT2D eigenvalue weighted by Crippen LogP contribution is -2.53. The topological polar surface area (TPSA) is 80.3 Å². The van der Waals surface area contributed by atoms with Crippen molar-refractivity contribution in [2.75, 3.05) is 0 Å². The summed E-state index contributed by atoms with van der Waals surface area (Å²) in [7, 11) is 0.